The lowest BCUT2D eigenvalue weighted by Gasteiger charge is -2.19. The summed E-state index contributed by atoms with van der Waals surface area (Å²) >= 11 is 0. The van der Waals surface area contributed by atoms with Gasteiger partial charge in [-0.2, -0.15) is 16.7 Å². The van der Waals surface area contributed by atoms with Gasteiger partial charge in [-0.15, -0.1) is 0 Å². The van der Waals surface area contributed by atoms with Gasteiger partial charge in [0.25, 0.3) is 0 Å². The minimum absolute atomic E-state index is 0.142. The molecule has 1 saturated heterocycles. The van der Waals surface area contributed by atoms with Gasteiger partial charge in [-0.1, -0.05) is 18.2 Å². The third-order valence-electron chi connectivity index (χ3n) is 5.31. The number of benzene rings is 2. The third kappa shape index (κ3) is 3.41. The molecule has 3 aromatic rings. The number of nitrogens with one attached hydrogen (secondary N) is 1. The summed E-state index contributed by atoms with van der Waals surface area (Å²) in [6.07, 6.45) is 1.57. The topological polar surface area (TPSA) is 110 Å². The van der Waals surface area contributed by atoms with Crippen LogP contribution < -0.4 is 11.1 Å². The number of nitrogens with zero attached hydrogens (tertiary/aromatic N) is 3. The van der Waals surface area contributed by atoms with Crippen LogP contribution in [0.15, 0.2) is 42.5 Å². The number of nitrogens with two attached hydrogens (primary N) is 1. The molecule has 1 unspecified atom stereocenters. The van der Waals surface area contributed by atoms with E-state index in [9.17, 15) is 17.6 Å². The molecule has 1 aliphatic heterocycles. The fraction of sp³-hybridized carbons (Fsp3) is 0.300. The number of carbonyl (C=O) groups is 1. The SMILES string of the molecule is CNC(=O)C(c1cccc(F)c1)c1ccc2nc(N)n(S(=O)(=O)N3CCCC3)c2c1. The van der Waals surface area contributed by atoms with Crippen molar-refractivity contribution in [1.82, 2.24) is 18.6 Å². The molecule has 0 bridgehead atoms. The quantitative estimate of drug-likeness (QED) is 0.640. The van der Waals surface area contributed by atoms with Gasteiger partial charge in [0, 0.05) is 20.1 Å². The number of nitrogen functional groups attached to an aromatic ring is 1. The largest absolute Gasteiger partial charge is 0.368 e. The molecular formula is C20H22FN5O3S. The summed E-state index contributed by atoms with van der Waals surface area (Å²) in [5.74, 6) is -1.78. The van der Waals surface area contributed by atoms with E-state index in [1.165, 1.54) is 29.6 Å². The smallest absolute Gasteiger partial charge is 0.310 e. The average molecular weight is 431 g/mol. The number of rotatable bonds is 5. The first-order valence-corrected chi connectivity index (χ1v) is 11.0. The number of fused-ring (bicyclic) bond motifs is 1. The van der Waals surface area contributed by atoms with Gasteiger partial charge in [-0.05, 0) is 48.2 Å². The maximum atomic E-state index is 13.8. The van der Waals surface area contributed by atoms with E-state index in [1.807, 2.05) is 0 Å². The van der Waals surface area contributed by atoms with E-state index >= 15 is 0 Å². The van der Waals surface area contributed by atoms with Crippen LogP contribution in [0, 0.1) is 5.82 Å². The van der Waals surface area contributed by atoms with Gasteiger partial charge in [0.05, 0.1) is 17.0 Å². The Morgan fingerprint density at radius 3 is 2.53 bits per heavy atom. The number of carbonyl (C=O) groups excluding carboxylic acids is 1. The van der Waals surface area contributed by atoms with Crippen molar-refractivity contribution in [1.29, 1.82) is 0 Å². The fourth-order valence-corrected chi connectivity index (χ4v) is 5.49. The summed E-state index contributed by atoms with van der Waals surface area (Å²) in [4.78, 5) is 16.8. The molecule has 3 N–H and O–H groups in total. The Bertz CT molecular complexity index is 1220. The van der Waals surface area contributed by atoms with E-state index in [2.05, 4.69) is 10.3 Å². The zero-order valence-electron chi connectivity index (χ0n) is 16.4. The lowest BCUT2D eigenvalue weighted by Crippen LogP contribution is -2.33. The summed E-state index contributed by atoms with van der Waals surface area (Å²) < 4.78 is 42.5. The van der Waals surface area contributed by atoms with E-state index in [-0.39, 0.29) is 17.4 Å². The van der Waals surface area contributed by atoms with Gasteiger partial charge in [-0.25, -0.2) is 9.37 Å². The van der Waals surface area contributed by atoms with Gasteiger partial charge in [0.15, 0.2) is 0 Å². The first kappa shape index (κ1) is 20.3. The second kappa shape index (κ2) is 7.69. The Labute approximate surface area is 173 Å². The van der Waals surface area contributed by atoms with Crippen molar-refractivity contribution in [2.24, 2.45) is 0 Å². The molecule has 158 valence electrons. The standard InChI is InChI=1S/C20H22FN5O3S/c1-23-19(27)18(13-5-4-6-15(21)11-13)14-7-8-16-17(12-14)26(20(22)24-16)30(28,29)25-9-2-3-10-25/h4-8,11-12,18H,2-3,9-10H2,1H3,(H2,22,24)(H,23,27). The van der Waals surface area contributed by atoms with Crippen molar-refractivity contribution in [3.63, 3.8) is 0 Å². The van der Waals surface area contributed by atoms with Gasteiger partial charge in [-0.3, -0.25) is 4.79 Å². The van der Waals surface area contributed by atoms with Crippen LogP contribution >= 0.6 is 0 Å². The van der Waals surface area contributed by atoms with Crippen molar-refractivity contribution in [3.05, 3.63) is 59.4 Å². The summed E-state index contributed by atoms with van der Waals surface area (Å²) in [5, 5.41) is 2.59. The van der Waals surface area contributed by atoms with Crippen LogP contribution in [0.2, 0.25) is 0 Å². The number of imidazole rings is 1. The predicted molar refractivity (Wildman–Crippen MR) is 112 cm³/mol. The van der Waals surface area contributed by atoms with Crippen LogP contribution in [-0.2, 0) is 15.0 Å². The van der Waals surface area contributed by atoms with E-state index in [4.69, 9.17) is 5.73 Å². The zero-order valence-corrected chi connectivity index (χ0v) is 17.2. The van der Waals surface area contributed by atoms with Crippen LogP contribution in [-0.4, -0.2) is 47.7 Å². The lowest BCUT2D eigenvalue weighted by molar-refractivity contribution is -0.121. The second-order valence-corrected chi connectivity index (χ2v) is 8.98. The first-order valence-electron chi connectivity index (χ1n) is 9.58. The molecule has 1 aliphatic rings. The molecule has 0 radical (unpaired) electrons. The van der Waals surface area contributed by atoms with E-state index in [0.29, 0.717) is 29.7 Å². The predicted octanol–water partition coefficient (Wildman–Crippen LogP) is 1.82. The Morgan fingerprint density at radius 1 is 1.17 bits per heavy atom. The average Bonchev–Trinajstić information content (AvgIpc) is 3.35. The molecule has 4 rings (SSSR count). The van der Waals surface area contributed by atoms with Crippen molar-refractivity contribution in [2.45, 2.75) is 18.8 Å². The molecule has 1 aromatic heterocycles. The highest BCUT2D eigenvalue weighted by atomic mass is 32.2. The molecule has 1 atom stereocenters. The second-order valence-electron chi connectivity index (χ2n) is 7.20. The lowest BCUT2D eigenvalue weighted by atomic mass is 9.90. The van der Waals surface area contributed by atoms with Crippen molar-refractivity contribution < 1.29 is 17.6 Å². The van der Waals surface area contributed by atoms with Crippen LogP contribution in [0.3, 0.4) is 0 Å². The Balaban J connectivity index is 1.89. The fourth-order valence-electron chi connectivity index (χ4n) is 3.87. The number of halogens is 1. The van der Waals surface area contributed by atoms with E-state index in [1.54, 1.807) is 24.3 Å². The molecule has 2 heterocycles. The van der Waals surface area contributed by atoms with Crippen molar-refractivity contribution >= 4 is 33.1 Å². The van der Waals surface area contributed by atoms with Gasteiger partial charge >= 0.3 is 10.2 Å². The first-order chi connectivity index (χ1) is 14.3. The van der Waals surface area contributed by atoms with Gasteiger partial charge < -0.3 is 11.1 Å². The summed E-state index contributed by atoms with van der Waals surface area (Å²) in [7, 11) is -2.40. The molecule has 10 heteroatoms. The molecule has 30 heavy (non-hydrogen) atoms. The Kier molecular flexibility index (Phi) is 5.20. The molecule has 0 saturated carbocycles. The van der Waals surface area contributed by atoms with E-state index in [0.717, 1.165) is 16.8 Å². The van der Waals surface area contributed by atoms with E-state index < -0.39 is 21.9 Å². The number of hydrogen-bond acceptors (Lipinski definition) is 5. The summed E-state index contributed by atoms with van der Waals surface area (Å²) in [5.41, 5.74) is 7.60. The van der Waals surface area contributed by atoms with Crippen LogP contribution in [0.5, 0.6) is 0 Å². The minimum Gasteiger partial charge on any atom is -0.368 e. The number of hydrogen-bond donors (Lipinski definition) is 2. The molecule has 1 amide bonds. The van der Waals surface area contributed by atoms with Crippen LogP contribution in [0.4, 0.5) is 10.3 Å². The normalized spacial score (nSPS) is 16.1. The van der Waals surface area contributed by atoms with Gasteiger partial charge in [0.2, 0.25) is 11.9 Å². The number of amides is 1. The summed E-state index contributed by atoms with van der Waals surface area (Å²) in [6.45, 7) is 0.844. The minimum atomic E-state index is -3.89. The molecule has 1 fully saturated rings. The molecule has 0 aliphatic carbocycles. The number of likely N-dealkylation sites (N-methyl/N-ethyl adjacent to an activating group) is 1. The highest BCUT2D eigenvalue weighted by molar-refractivity contribution is 7.87. The van der Waals surface area contributed by atoms with Crippen molar-refractivity contribution in [3.8, 4) is 0 Å². The Morgan fingerprint density at radius 2 is 1.87 bits per heavy atom. The van der Waals surface area contributed by atoms with Crippen LogP contribution in [0.25, 0.3) is 11.0 Å². The molecular weight excluding hydrogens is 409 g/mol. The van der Waals surface area contributed by atoms with Crippen molar-refractivity contribution in [2.75, 3.05) is 25.9 Å². The van der Waals surface area contributed by atoms with Gasteiger partial charge in [0.1, 0.15) is 5.82 Å². The highest BCUT2D eigenvalue weighted by Crippen LogP contribution is 2.31. The highest BCUT2D eigenvalue weighted by Gasteiger charge is 2.31. The Hall–Kier alpha value is -2.98. The number of anilines is 1. The molecule has 8 nitrogen and oxygen atoms in total. The van der Waals surface area contributed by atoms with Crippen LogP contribution in [0.1, 0.15) is 29.9 Å². The maximum Gasteiger partial charge on any atom is 0.310 e. The molecule has 2 aromatic carbocycles. The third-order valence-corrected chi connectivity index (χ3v) is 7.17. The summed E-state index contributed by atoms with van der Waals surface area (Å²) in [6, 6.07) is 10.6. The zero-order chi connectivity index (χ0) is 21.5. The monoisotopic (exact) mass is 431 g/mol. The molecule has 0 spiro atoms. The maximum absolute atomic E-state index is 13.8. The number of aromatic nitrogens is 2.